The van der Waals surface area contributed by atoms with Gasteiger partial charge in [0.2, 0.25) is 0 Å². The van der Waals surface area contributed by atoms with Gasteiger partial charge in [0.1, 0.15) is 6.10 Å². The predicted octanol–water partition coefficient (Wildman–Crippen LogP) is 1.19. The van der Waals surface area contributed by atoms with Gasteiger partial charge in [0.05, 0.1) is 18.8 Å². The van der Waals surface area contributed by atoms with E-state index in [2.05, 4.69) is 0 Å². The summed E-state index contributed by atoms with van der Waals surface area (Å²) in [6, 6.07) is 9.73. The lowest BCUT2D eigenvalue weighted by Gasteiger charge is -2.43. The van der Waals surface area contributed by atoms with Crippen molar-refractivity contribution in [3.8, 4) is 0 Å². The number of benzene rings is 1. The van der Waals surface area contributed by atoms with E-state index in [4.69, 9.17) is 24.7 Å². The number of nitrogens with two attached hydrogens (primary N) is 1. The summed E-state index contributed by atoms with van der Waals surface area (Å²) in [5.41, 5.74) is 7.03. The van der Waals surface area contributed by atoms with Crippen LogP contribution in [0.3, 0.4) is 0 Å². The van der Waals surface area contributed by atoms with Crippen molar-refractivity contribution >= 4 is 0 Å². The SMILES string of the molecule is CO[C@H]1OC2CO[C@@H](c3ccccc3)O[C@H]2CC1N. The summed E-state index contributed by atoms with van der Waals surface area (Å²) < 4.78 is 22.6. The predicted molar refractivity (Wildman–Crippen MR) is 68.3 cm³/mol. The van der Waals surface area contributed by atoms with Crippen LogP contribution in [0, 0.1) is 0 Å². The van der Waals surface area contributed by atoms with Crippen LogP contribution in [0.4, 0.5) is 0 Å². The zero-order valence-corrected chi connectivity index (χ0v) is 10.9. The third-order valence-electron chi connectivity index (χ3n) is 3.59. The van der Waals surface area contributed by atoms with Crippen molar-refractivity contribution in [1.82, 2.24) is 0 Å². The van der Waals surface area contributed by atoms with Crippen LogP contribution in [0.2, 0.25) is 0 Å². The molecule has 5 heteroatoms. The second-order valence-electron chi connectivity index (χ2n) is 4.93. The van der Waals surface area contributed by atoms with Gasteiger partial charge in [-0.1, -0.05) is 30.3 Å². The molecule has 5 nitrogen and oxygen atoms in total. The molecular weight excluding hydrogens is 246 g/mol. The molecule has 0 spiro atoms. The molecule has 2 N–H and O–H groups in total. The molecule has 19 heavy (non-hydrogen) atoms. The van der Waals surface area contributed by atoms with Crippen molar-refractivity contribution in [3.63, 3.8) is 0 Å². The van der Waals surface area contributed by atoms with Gasteiger partial charge in [-0.3, -0.25) is 0 Å². The molecule has 2 aliphatic heterocycles. The highest BCUT2D eigenvalue weighted by molar-refractivity contribution is 5.16. The zero-order valence-electron chi connectivity index (χ0n) is 10.9. The van der Waals surface area contributed by atoms with Gasteiger partial charge in [-0.15, -0.1) is 0 Å². The van der Waals surface area contributed by atoms with Gasteiger partial charge >= 0.3 is 0 Å². The van der Waals surface area contributed by atoms with Crippen molar-refractivity contribution in [2.45, 2.75) is 37.3 Å². The molecule has 5 atom stereocenters. The molecule has 0 radical (unpaired) electrons. The first-order chi connectivity index (χ1) is 9.28. The highest BCUT2D eigenvalue weighted by atomic mass is 16.7. The number of hydrogen-bond acceptors (Lipinski definition) is 5. The van der Waals surface area contributed by atoms with Crippen molar-refractivity contribution in [3.05, 3.63) is 35.9 Å². The standard InChI is InChI=1S/C14H19NO4/c1-16-14-10(15)7-11-12(19-14)8-17-13(18-11)9-5-3-2-4-6-9/h2-6,10-14H,7-8,15H2,1H3/t10?,11-,12?,13+,14-/m0/s1. The molecule has 104 valence electrons. The Bertz CT molecular complexity index is 413. The Morgan fingerprint density at radius 3 is 2.68 bits per heavy atom. The molecule has 2 saturated heterocycles. The molecule has 1 aromatic rings. The van der Waals surface area contributed by atoms with Crippen LogP contribution in [-0.2, 0) is 18.9 Å². The molecule has 0 aliphatic carbocycles. The van der Waals surface area contributed by atoms with Crippen LogP contribution in [-0.4, -0.2) is 38.3 Å². The van der Waals surface area contributed by atoms with Crippen LogP contribution in [0.5, 0.6) is 0 Å². The van der Waals surface area contributed by atoms with Gasteiger partial charge in [0.25, 0.3) is 0 Å². The first-order valence-electron chi connectivity index (χ1n) is 6.54. The maximum Gasteiger partial charge on any atom is 0.184 e. The van der Waals surface area contributed by atoms with Crippen LogP contribution in [0.25, 0.3) is 0 Å². The fourth-order valence-corrected chi connectivity index (χ4v) is 2.58. The monoisotopic (exact) mass is 265 g/mol. The topological polar surface area (TPSA) is 62.9 Å². The molecular formula is C14H19NO4. The summed E-state index contributed by atoms with van der Waals surface area (Å²) >= 11 is 0. The summed E-state index contributed by atoms with van der Waals surface area (Å²) in [5.74, 6) is 0. The quantitative estimate of drug-likeness (QED) is 0.870. The maximum absolute atomic E-state index is 6.01. The molecule has 0 amide bonds. The number of hydrogen-bond donors (Lipinski definition) is 1. The average molecular weight is 265 g/mol. The average Bonchev–Trinajstić information content (AvgIpc) is 2.47. The lowest BCUT2D eigenvalue weighted by molar-refractivity contribution is -0.316. The van der Waals surface area contributed by atoms with E-state index >= 15 is 0 Å². The Morgan fingerprint density at radius 1 is 1.16 bits per heavy atom. The van der Waals surface area contributed by atoms with E-state index in [-0.39, 0.29) is 30.8 Å². The summed E-state index contributed by atoms with van der Waals surface area (Å²) in [5, 5.41) is 0. The van der Waals surface area contributed by atoms with E-state index < -0.39 is 0 Å². The minimum absolute atomic E-state index is 0.0413. The Hall–Kier alpha value is -0.980. The molecule has 2 fully saturated rings. The van der Waals surface area contributed by atoms with Crippen molar-refractivity contribution in [1.29, 1.82) is 0 Å². The first-order valence-corrected chi connectivity index (χ1v) is 6.54. The molecule has 2 aliphatic rings. The summed E-state index contributed by atoms with van der Waals surface area (Å²) in [4.78, 5) is 0. The summed E-state index contributed by atoms with van der Waals surface area (Å²) in [7, 11) is 1.60. The fraction of sp³-hybridized carbons (Fsp3) is 0.571. The van der Waals surface area contributed by atoms with Gasteiger partial charge in [0, 0.05) is 12.7 Å². The molecule has 0 aromatic heterocycles. The highest BCUT2D eigenvalue weighted by Gasteiger charge is 2.41. The largest absolute Gasteiger partial charge is 0.354 e. The van der Waals surface area contributed by atoms with Crippen LogP contribution in [0.15, 0.2) is 30.3 Å². The second kappa shape index (κ2) is 5.56. The summed E-state index contributed by atoms with van der Waals surface area (Å²) in [6.45, 7) is 0.497. The van der Waals surface area contributed by atoms with E-state index in [0.29, 0.717) is 6.61 Å². The van der Waals surface area contributed by atoms with Gasteiger partial charge in [0.15, 0.2) is 12.6 Å². The zero-order chi connectivity index (χ0) is 13.2. The number of fused-ring (bicyclic) bond motifs is 1. The molecule has 2 unspecified atom stereocenters. The lowest BCUT2D eigenvalue weighted by atomic mass is 10.00. The Balaban J connectivity index is 1.68. The Labute approximate surface area is 112 Å². The number of rotatable bonds is 2. The van der Waals surface area contributed by atoms with E-state index in [0.717, 1.165) is 12.0 Å². The third-order valence-corrected chi connectivity index (χ3v) is 3.59. The number of methoxy groups -OCH3 is 1. The van der Waals surface area contributed by atoms with E-state index in [1.807, 2.05) is 30.3 Å². The fourth-order valence-electron chi connectivity index (χ4n) is 2.58. The molecule has 3 rings (SSSR count). The van der Waals surface area contributed by atoms with Gasteiger partial charge < -0.3 is 24.7 Å². The van der Waals surface area contributed by atoms with Crippen LogP contribution in [0.1, 0.15) is 18.3 Å². The number of ether oxygens (including phenoxy) is 4. The Kier molecular flexibility index (Phi) is 3.81. The first kappa shape index (κ1) is 13.0. The van der Waals surface area contributed by atoms with E-state index in [9.17, 15) is 0 Å². The van der Waals surface area contributed by atoms with Crippen molar-refractivity contribution in [2.75, 3.05) is 13.7 Å². The van der Waals surface area contributed by atoms with Gasteiger partial charge in [-0.05, 0) is 6.42 Å². The van der Waals surface area contributed by atoms with Gasteiger partial charge in [-0.25, -0.2) is 0 Å². The van der Waals surface area contributed by atoms with Gasteiger partial charge in [-0.2, -0.15) is 0 Å². The minimum atomic E-state index is -0.373. The van der Waals surface area contributed by atoms with E-state index in [1.165, 1.54) is 0 Å². The molecule has 0 saturated carbocycles. The highest BCUT2D eigenvalue weighted by Crippen LogP contribution is 2.33. The molecule has 0 bridgehead atoms. The van der Waals surface area contributed by atoms with Crippen LogP contribution >= 0.6 is 0 Å². The Morgan fingerprint density at radius 2 is 1.95 bits per heavy atom. The second-order valence-corrected chi connectivity index (χ2v) is 4.93. The third kappa shape index (κ3) is 2.66. The normalized spacial score (nSPS) is 38.7. The van der Waals surface area contributed by atoms with Crippen molar-refractivity contribution in [2.24, 2.45) is 5.73 Å². The van der Waals surface area contributed by atoms with Crippen LogP contribution < -0.4 is 5.73 Å². The molecule has 1 aromatic carbocycles. The summed E-state index contributed by atoms with van der Waals surface area (Å²) in [6.07, 6.45) is -0.139. The smallest absolute Gasteiger partial charge is 0.184 e. The molecule has 2 heterocycles. The van der Waals surface area contributed by atoms with Crippen molar-refractivity contribution < 1.29 is 18.9 Å². The lowest BCUT2D eigenvalue weighted by Crippen LogP contribution is -2.56. The maximum atomic E-state index is 6.01. The van der Waals surface area contributed by atoms with E-state index in [1.54, 1.807) is 7.11 Å². The minimum Gasteiger partial charge on any atom is -0.354 e.